The number of nitrogens with zero attached hydrogens (tertiary/aromatic N) is 2. The quantitative estimate of drug-likeness (QED) is 0.762. The highest BCUT2D eigenvalue weighted by molar-refractivity contribution is 5.36. The second-order valence-corrected chi connectivity index (χ2v) is 3.99. The van der Waals surface area contributed by atoms with Gasteiger partial charge in [-0.15, -0.1) is 0 Å². The van der Waals surface area contributed by atoms with Gasteiger partial charge in [0.15, 0.2) is 0 Å². The van der Waals surface area contributed by atoms with Crippen LogP contribution in [-0.4, -0.2) is 16.0 Å². The van der Waals surface area contributed by atoms with Crippen LogP contribution in [0.4, 0.5) is 5.82 Å². The first-order valence-corrected chi connectivity index (χ1v) is 5.01. The fraction of sp³-hybridized carbons (Fsp3) is 0.600. The van der Waals surface area contributed by atoms with Crippen molar-refractivity contribution in [2.24, 2.45) is 0 Å². The number of anilines is 1. The lowest BCUT2D eigenvalue weighted by atomic mass is 10.4. The predicted octanol–water partition coefficient (Wildman–Crippen LogP) is 1.93. The molecular formula is C10H13N3. The van der Waals surface area contributed by atoms with Gasteiger partial charge in [-0.3, -0.25) is 0 Å². The van der Waals surface area contributed by atoms with Crippen LogP contribution in [0.1, 0.15) is 37.4 Å². The molecule has 3 nitrogen and oxygen atoms in total. The molecule has 0 bridgehead atoms. The maximum atomic E-state index is 4.49. The highest BCUT2D eigenvalue weighted by atomic mass is 15.1. The van der Waals surface area contributed by atoms with Crippen LogP contribution in [-0.2, 0) is 0 Å². The lowest BCUT2D eigenvalue weighted by Crippen LogP contribution is -2.04. The molecule has 3 heteroatoms. The largest absolute Gasteiger partial charge is 0.367 e. The minimum Gasteiger partial charge on any atom is -0.367 e. The molecule has 2 aliphatic rings. The first kappa shape index (κ1) is 7.30. The summed E-state index contributed by atoms with van der Waals surface area (Å²) < 4.78 is 0. The third-order valence-corrected chi connectivity index (χ3v) is 2.55. The second kappa shape index (κ2) is 2.69. The van der Waals surface area contributed by atoms with E-state index in [2.05, 4.69) is 15.3 Å². The van der Waals surface area contributed by atoms with Crippen molar-refractivity contribution in [3.05, 3.63) is 18.1 Å². The summed E-state index contributed by atoms with van der Waals surface area (Å²) in [4.78, 5) is 8.77. The molecule has 0 atom stereocenters. The Morgan fingerprint density at radius 3 is 2.77 bits per heavy atom. The van der Waals surface area contributed by atoms with E-state index in [4.69, 9.17) is 0 Å². The molecule has 2 saturated carbocycles. The molecule has 3 rings (SSSR count). The van der Waals surface area contributed by atoms with Crippen molar-refractivity contribution in [3.8, 4) is 0 Å². The summed E-state index contributed by atoms with van der Waals surface area (Å²) in [6.45, 7) is 0. The Kier molecular flexibility index (Phi) is 1.51. The van der Waals surface area contributed by atoms with Crippen LogP contribution >= 0.6 is 0 Å². The van der Waals surface area contributed by atoms with Crippen LogP contribution in [0.2, 0.25) is 0 Å². The Balaban J connectivity index is 1.79. The van der Waals surface area contributed by atoms with Gasteiger partial charge in [-0.2, -0.15) is 0 Å². The molecular weight excluding hydrogens is 162 g/mol. The monoisotopic (exact) mass is 175 g/mol. The third kappa shape index (κ3) is 1.64. The Labute approximate surface area is 77.6 Å². The molecule has 2 aliphatic carbocycles. The van der Waals surface area contributed by atoms with Gasteiger partial charge >= 0.3 is 0 Å². The van der Waals surface area contributed by atoms with Crippen molar-refractivity contribution in [2.75, 3.05) is 5.32 Å². The number of rotatable bonds is 3. The van der Waals surface area contributed by atoms with Gasteiger partial charge in [-0.05, 0) is 31.7 Å². The van der Waals surface area contributed by atoms with Gasteiger partial charge < -0.3 is 5.32 Å². The average Bonchev–Trinajstić information content (AvgIpc) is 3.00. The van der Waals surface area contributed by atoms with E-state index in [0.29, 0.717) is 12.0 Å². The van der Waals surface area contributed by atoms with Crippen LogP contribution in [0.25, 0.3) is 0 Å². The fourth-order valence-electron chi connectivity index (χ4n) is 1.43. The Bertz CT molecular complexity index is 316. The molecule has 0 aromatic carbocycles. The van der Waals surface area contributed by atoms with Gasteiger partial charge in [0.25, 0.3) is 0 Å². The van der Waals surface area contributed by atoms with E-state index in [-0.39, 0.29) is 0 Å². The molecule has 1 aromatic heterocycles. The number of aromatic nitrogens is 2. The van der Waals surface area contributed by atoms with Gasteiger partial charge in [0.1, 0.15) is 11.6 Å². The average molecular weight is 175 g/mol. The topological polar surface area (TPSA) is 37.8 Å². The standard InChI is InChI=1S/C10H13N3/c1-2-7(1)10-11-6-5-9(13-10)12-8-3-4-8/h5-8H,1-4H2,(H,11,12,13). The summed E-state index contributed by atoms with van der Waals surface area (Å²) in [5, 5.41) is 3.39. The molecule has 0 aliphatic heterocycles. The number of nitrogens with one attached hydrogen (secondary N) is 1. The molecule has 0 saturated heterocycles. The van der Waals surface area contributed by atoms with E-state index in [1.807, 2.05) is 12.3 Å². The first-order valence-electron chi connectivity index (χ1n) is 5.01. The van der Waals surface area contributed by atoms with Gasteiger partial charge in [0.2, 0.25) is 0 Å². The number of hydrogen-bond acceptors (Lipinski definition) is 3. The molecule has 13 heavy (non-hydrogen) atoms. The van der Waals surface area contributed by atoms with Crippen molar-refractivity contribution < 1.29 is 0 Å². The molecule has 0 spiro atoms. The molecule has 1 heterocycles. The fourth-order valence-corrected chi connectivity index (χ4v) is 1.43. The molecule has 0 amide bonds. The van der Waals surface area contributed by atoms with Crippen LogP contribution in [0.15, 0.2) is 12.3 Å². The van der Waals surface area contributed by atoms with Gasteiger partial charge in [-0.1, -0.05) is 0 Å². The summed E-state index contributed by atoms with van der Waals surface area (Å²) in [6, 6.07) is 2.64. The second-order valence-electron chi connectivity index (χ2n) is 3.99. The van der Waals surface area contributed by atoms with E-state index in [0.717, 1.165) is 11.6 Å². The van der Waals surface area contributed by atoms with Gasteiger partial charge in [0.05, 0.1) is 0 Å². The van der Waals surface area contributed by atoms with Gasteiger partial charge in [-0.25, -0.2) is 9.97 Å². The molecule has 68 valence electrons. The number of hydrogen-bond donors (Lipinski definition) is 1. The Hall–Kier alpha value is -1.12. The molecule has 2 fully saturated rings. The Morgan fingerprint density at radius 2 is 2.08 bits per heavy atom. The maximum absolute atomic E-state index is 4.49. The third-order valence-electron chi connectivity index (χ3n) is 2.55. The smallest absolute Gasteiger partial charge is 0.133 e. The highest BCUT2D eigenvalue weighted by Crippen LogP contribution is 2.38. The van der Waals surface area contributed by atoms with Crippen molar-refractivity contribution in [2.45, 2.75) is 37.6 Å². The molecule has 1 aromatic rings. The lowest BCUT2D eigenvalue weighted by molar-refractivity contribution is 0.920. The van der Waals surface area contributed by atoms with Crippen molar-refractivity contribution >= 4 is 5.82 Å². The van der Waals surface area contributed by atoms with E-state index in [9.17, 15) is 0 Å². The van der Waals surface area contributed by atoms with Crippen LogP contribution in [0.5, 0.6) is 0 Å². The van der Waals surface area contributed by atoms with Crippen molar-refractivity contribution in [1.29, 1.82) is 0 Å². The minimum atomic E-state index is 0.654. The normalized spacial score (nSPS) is 21.5. The van der Waals surface area contributed by atoms with Gasteiger partial charge in [0, 0.05) is 18.2 Å². The minimum absolute atomic E-state index is 0.654. The summed E-state index contributed by atoms with van der Waals surface area (Å²) in [7, 11) is 0. The van der Waals surface area contributed by atoms with Crippen LogP contribution < -0.4 is 5.32 Å². The molecule has 1 N–H and O–H groups in total. The zero-order valence-electron chi connectivity index (χ0n) is 7.53. The van der Waals surface area contributed by atoms with E-state index in [1.165, 1.54) is 25.7 Å². The first-order chi connectivity index (χ1) is 6.42. The zero-order valence-corrected chi connectivity index (χ0v) is 7.53. The van der Waals surface area contributed by atoms with E-state index >= 15 is 0 Å². The van der Waals surface area contributed by atoms with Crippen LogP contribution in [0, 0.1) is 0 Å². The summed E-state index contributed by atoms with van der Waals surface area (Å²) in [5.74, 6) is 2.70. The zero-order chi connectivity index (χ0) is 8.67. The molecule has 0 radical (unpaired) electrons. The van der Waals surface area contributed by atoms with E-state index in [1.54, 1.807) is 0 Å². The van der Waals surface area contributed by atoms with Crippen LogP contribution in [0.3, 0.4) is 0 Å². The summed E-state index contributed by atoms with van der Waals surface area (Å²) >= 11 is 0. The lowest BCUT2D eigenvalue weighted by Gasteiger charge is -2.03. The SMILES string of the molecule is c1cc(NC2CC2)nc(C2CC2)n1. The van der Waals surface area contributed by atoms with E-state index < -0.39 is 0 Å². The highest BCUT2D eigenvalue weighted by Gasteiger charge is 2.27. The predicted molar refractivity (Wildman–Crippen MR) is 50.7 cm³/mol. The molecule has 0 unspecified atom stereocenters. The Morgan fingerprint density at radius 1 is 1.23 bits per heavy atom. The van der Waals surface area contributed by atoms with Crippen molar-refractivity contribution in [1.82, 2.24) is 9.97 Å². The summed E-state index contributed by atoms with van der Waals surface area (Å²) in [5.41, 5.74) is 0. The van der Waals surface area contributed by atoms with Crippen molar-refractivity contribution in [3.63, 3.8) is 0 Å². The summed E-state index contributed by atoms with van der Waals surface area (Å²) in [6.07, 6.45) is 7.00. The maximum Gasteiger partial charge on any atom is 0.133 e.